The molecule has 0 saturated carbocycles. The molecular weight excluding hydrogens is 360 g/mol. The molecule has 9 heteroatoms. The molecule has 1 amide bonds. The van der Waals surface area contributed by atoms with E-state index < -0.39 is 15.9 Å². The van der Waals surface area contributed by atoms with E-state index in [4.69, 9.17) is 0 Å². The van der Waals surface area contributed by atoms with Crippen molar-refractivity contribution in [2.45, 2.75) is 17.7 Å². The van der Waals surface area contributed by atoms with E-state index in [0.29, 0.717) is 19.0 Å². The van der Waals surface area contributed by atoms with Crippen LogP contribution in [0.1, 0.15) is 22.5 Å². The Kier molecular flexibility index (Phi) is 4.06. The van der Waals surface area contributed by atoms with Crippen LogP contribution in [0.15, 0.2) is 40.6 Å². The molecule has 2 aromatic heterocycles. The number of fused-ring (bicyclic) bond motifs is 1. The Morgan fingerprint density at radius 1 is 1.20 bits per heavy atom. The lowest BCUT2D eigenvalue weighted by atomic mass is 10.3. The minimum absolute atomic E-state index is 0.0630. The zero-order valence-electron chi connectivity index (χ0n) is 13.2. The molecule has 130 valence electrons. The van der Waals surface area contributed by atoms with Crippen molar-refractivity contribution in [3.63, 3.8) is 0 Å². The zero-order valence-corrected chi connectivity index (χ0v) is 14.9. The highest BCUT2D eigenvalue weighted by Gasteiger charge is 2.32. The standard InChI is InChI=1S/C16H16N4O3S2/c21-15(19-16-17-11-5-1-2-6-12(11)18-16)14-13(7-10-24-14)25(22,23)20-8-3-4-9-20/h1-2,5-7,10H,3-4,8-9H2,(H2,17,18,19,21). The Morgan fingerprint density at radius 2 is 1.96 bits per heavy atom. The van der Waals surface area contributed by atoms with Crippen molar-refractivity contribution >= 4 is 44.2 Å². The average molecular weight is 376 g/mol. The molecule has 3 heterocycles. The van der Waals surface area contributed by atoms with E-state index in [1.165, 1.54) is 10.4 Å². The SMILES string of the molecule is O=C(Nc1nc2ccccc2[nH]1)c1sccc1S(=O)(=O)N1CCCC1. The Morgan fingerprint density at radius 3 is 2.72 bits per heavy atom. The summed E-state index contributed by atoms with van der Waals surface area (Å²) >= 11 is 1.11. The molecule has 1 saturated heterocycles. The first-order valence-electron chi connectivity index (χ1n) is 7.89. The highest BCUT2D eigenvalue weighted by Crippen LogP contribution is 2.28. The molecular formula is C16H16N4O3S2. The molecule has 1 aliphatic heterocycles. The van der Waals surface area contributed by atoms with Crippen molar-refractivity contribution in [1.82, 2.24) is 14.3 Å². The highest BCUT2D eigenvalue weighted by molar-refractivity contribution is 7.89. The number of thiophene rings is 1. The normalized spacial score (nSPS) is 15.7. The number of carbonyl (C=O) groups is 1. The Hall–Kier alpha value is -2.23. The molecule has 2 N–H and O–H groups in total. The predicted molar refractivity (Wildman–Crippen MR) is 96.4 cm³/mol. The van der Waals surface area contributed by atoms with Crippen molar-refractivity contribution < 1.29 is 13.2 Å². The number of hydrogen-bond donors (Lipinski definition) is 2. The fraction of sp³-hybridized carbons (Fsp3) is 0.250. The van der Waals surface area contributed by atoms with Gasteiger partial charge in [-0.05, 0) is 36.4 Å². The second-order valence-electron chi connectivity index (χ2n) is 5.78. The number of para-hydroxylation sites is 2. The fourth-order valence-corrected chi connectivity index (χ4v) is 5.72. The summed E-state index contributed by atoms with van der Waals surface area (Å²) in [4.78, 5) is 20.1. The van der Waals surface area contributed by atoms with Gasteiger partial charge in [0.15, 0.2) is 0 Å². The van der Waals surface area contributed by atoms with E-state index >= 15 is 0 Å². The number of aromatic nitrogens is 2. The van der Waals surface area contributed by atoms with Gasteiger partial charge in [0.1, 0.15) is 9.77 Å². The lowest BCUT2D eigenvalue weighted by Crippen LogP contribution is -2.29. The van der Waals surface area contributed by atoms with E-state index in [9.17, 15) is 13.2 Å². The van der Waals surface area contributed by atoms with Gasteiger partial charge in [-0.15, -0.1) is 11.3 Å². The molecule has 0 atom stereocenters. The van der Waals surface area contributed by atoms with Gasteiger partial charge in [0.2, 0.25) is 16.0 Å². The molecule has 3 aromatic rings. The Labute approximate surface area is 148 Å². The predicted octanol–water partition coefficient (Wildman–Crippen LogP) is 2.66. The molecule has 0 aliphatic carbocycles. The van der Waals surface area contributed by atoms with Crippen molar-refractivity contribution in [1.29, 1.82) is 0 Å². The minimum Gasteiger partial charge on any atom is -0.324 e. The summed E-state index contributed by atoms with van der Waals surface area (Å²) in [6, 6.07) is 8.90. The maximum Gasteiger partial charge on any atom is 0.269 e. The average Bonchev–Trinajstić information content (AvgIpc) is 3.33. The van der Waals surface area contributed by atoms with Crippen LogP contribution in [-0.4, -0.2) is 41.7 Å². The van der Waals surface area contributed by atoms with Crippen molar-refractivity contribution in [2.75, 3.05) is 18.4 Å². The van der Waals surface area contributed by atoms with Crippen LogP contribution in [-0.2, 0) is 10.0 Å². The monoisotopic (exact) mass is 376 g/mol. The van der Waals surface area contributed by atoms with Crippen LogP contribution in [0.2, 0.25) is 0 Å². The van der Waals surface area contributed by atoms with Gasteiger partial charge in [0.05, 0.1) is 11.0 Å². The number of rotatable bonds is 4. The molecule has 0 radical (unpaired) electrons. The summed E-state index contributed by atoms with van der Waals surface area (Å²) in [5.41, 5.74) is 1.53. The van der Waals surface area contributed by atoms with Crippen LogP contribution >= 0.6 is 11.3 Å². The summed E-state index contributed by atoms with van der Waals surface area (Å²) in [6.45, 7) is 1.01. The fourth-order valence-electron chi connectivity index (χ4n) is 2.91. The number of anilines is 1. The van der Waals surface area contributed by atoms with E-state index in [1.807, 2.05) is 24.3 Å². The number of sulfonamides is 1. The van der Waals surface area contributed by atoms with Crippen LogP contribution in [0.4, 0.5) is 5.95 Å². The van der Waals surface area contributed by atoms with Crippen molar-refractivity contribution in [3.05, 3.63) is 40.6 Å². The first-order chi connectivity index (χ1) is 12.1. The number of benzene rings is 1. The van der Waals surface area contributed by atoms with Crippen LogP contribution in [0, 0.1) is 0 Å². The molecule has 25 heavy (non-hydrogen) atoms. The van der Waals surface area contributed by atoms with Crippen LogP contribution in [0.5, 0.6) is 0 Å². The topological polar surface area (TPSA) is 95.2 Å². The number of imidazole rings is 1. The third kappa shape index (κ3) is 2.94. The molecule has 1 fully saturated rings. The van der Waals surface area contributed by atoms with Gasteiger partial charge in [0, 0.05) is 13.1 Å². The minimum atomic E-state index is -3.64. The quantitative estimate of drug-likeness (QED) is 0.732. The summed E-state index contributed by atoms with van der Waals surface area (Å²) < 4.78 is 26.9. The molecule has 7 nitrogen and oxygen atoms in total. The second-order valence-corrected chi connectivity index (χ2v) is 8.60. The van der Waals surface area contributed by atoms with E-state index in [-0.39, 0.29) is 9.77 Å². The van der Waals surface area contributed by atoms with Gasteiger partial charge in [0.25, 0.3) is 5.91 Å². The van der Waals surface area contributed by atoms with Crippen LogP contribution in [0.3, 0.4) is 0 Å². The maximum atomic E-state index is 12.7. The molecule has 0 bridgehead atoms. The number of carbonyl (C=O) groups excluding carboxylic acids is 1. The van der Waals surface area contributed by atoms with E-state index in [2.05, 4.69) is 15.3 Å². The lowest BCUT2D eigenvalue weighted by Gasteiger charge is -2.15. The van der Waals surface area contributed by atoms with Crippen LogP contribution in [0.25, 0.3) is 11.0 Å². The molecule has 1 aliphatic rings. The third-order valence-corrected chi connectivity index (χ3v) is 7.12. The Bertz CT molecular complexity index is 1000. The summed E-state index contributed by atoms with van der Waals surface area (Å²) in [7, 11) is -3.64. The molecule has 4 rings (SSSR count). The summed E-state index contributed by atoms with van der Waals surface area (Å²) in [5, 5.41) is 4.28. The number of amides is 1. The summed E-state index contributed by atoms with van der Waals surface area (Å²) in [5.74, 6) is -0.184. The van der Waals surface area contributed by atoms with E-state index in [0.717, 1.165) is 35.2 Å². The molecule has 0 spiro atoms. The molecule has 1 aromatic carbocycles. The first kappa shape index (κ1) is 16.2. The van der Waals surface area contributed by atoms with Gasteiger partial charge in [-0.3, -0.25) is 10.1 Å². The number of hydrogen-bond acceptors (Lipinski definition) is 5. The lowest BCUT2D eigenvalue weighted by molar-refractivity contribution is 0.102. The first-order valence-corrected chi connectivity index (χ1v) is 10.2. The van der Waals surface area contributed by atoms with Gasteiger partial charge in [-0.1, -0.05) is 12.1 Å². The third-order valence-electron chi connectivity index (χ3n) is 4.14. The van der Waals surface area contributed by atoms with Gasteiger partial charge < -0.3 is 4.98 Å². The summed E-state index contributed by atoms with van der Waals surface area (Å²) in [6.07, 6.45) is 1.70. The number of H-pyrrole nitrogens is 1. The zero-order chi connectivity index (χ0) is 17.4. The van der Waals surface area contributed by atoms with Crippen LogP contribution < -0.4 is 5.32 Å². The number of nitrogens with one attached hydrogen (secondary N) is 2. The Balaban J connectivity index is 1.62. The smallest absolute Gasteiger partial charge is 0.269 e. The second kappa shape index (κ2) is 6.25. The highest BCUT2D eigenvalue weighted by atomic mass is 32.2. The van der Waals surface area contributed by atoms with Crippen molar-refractivity contribution in [3.8, 4) is 0 Å². The number of aromatic amines is 1. The van der Waals surface area contributed by atoms with E-state index in [1.54, 1.807) is 5.38 Å². The number of nitrogens with zero attached hydrogens (tertiary/aromatic N) is 2. The molecule has 0 unspecified atom stereocenters. The van der Waals surface area contributed by atoms with Gasteiger partial charge in [-0.25, -0.2) is 13.4 Å². The van der Waals surface area contributed by atoms with Crippen molar-refractivity contribution in [2.24, 2.45) is 0 Å². The van der Waals surface area contributed by atoms with Gasteiger partial charge >= 0.3 is 0 Å². The van der Waals surface area contributed by atoms with Gasteiger partial charge in [-0.2, -0.15) is 4.31 Å². The maximum absolute atomic E-state index is 12.7. The largest absolute Gasteiger partial charge is 0.324 e.